The van der Waals surface area contributed by atoms with E-state index in [-0.39, 0.29) is 35.9 Å². The molecule has 28 heavy (non-hydrogen) atoms. The second-order valence-corrected chi connectivity index (χ2v) is 6.88. The van der Waals surface area contributed by atoms with Crippen molar-refractivity contribution in [3.63, 3.8) is 0 Å². The number of carbonyl (C=O) groups excluding carboxylic acids is 1. The molecule has 0 atom stereocenters. The van der Waals surface area contributed by atoms with Gasteiger partial charge in [-0.3, -0.25) is 9.79 Å². The molecule has 158 valence electrons. The van der Waals surface area contributed by atoms with Gasteiger partial charge in [-0.1, -0.05) is 0 Å². The van der Waals surface area contributed by atoms with Gasteiger partial charge in [0.1, 0.15) is 5.75 Å². The Bertz CT molecular complexity index is 614. The molecular formula is C20H34IN5O2. The Morgan fingerprint density at radius 1 is 1.18 bits per heavy atom. The second kappa shape index (κ2) is 12.7. The van der Waals surface area contributed by atoms with Gasteiger partial charge in [-0.15, -0.1) is 24.0 Å². The number of piperazine rings is 1. The number of nitrogens with one attached hydrogen (secondary N) is 2. The Labute approximate surface area is 185 Å². The molecule has 2 N–H and O–H groups in total. The number of rotatable bonds is 7. The summed E-state index contributed by atoms with van der Waals surface area (Å²) in [6.07, 6.45) is 0.416. The Kier molecular flexibility index (Phi) is 11.0. The number of guanidine groups is 1. The van der Waals surface area contributed by atoms with Gasteiger partial charge in [-0.2, -0.15) is 0 Å². The monoisotopic (exact) mass is 503 g/mol. The lowest BCUT2D eigenvalue weighted by molar-refractivity contribution is -0.121. The molecule has 1 aliphatic rings. The number of nitrogens with zero attached hydrogens (tertiary/aromatic N) is 3. The number of amides is 1. The summed E-state index contributed by atoms with van der Waals surface area (Å²) < 4.78 is 5.23. The number of benzene rings is 1. The normalized spacial score (nSPS) is 14.5. The maximum atomic E-state index is 11.8. The van der Waals surface area contributed by atoms with E-state index in [1.54, 1.807) is 7.11 Å². The molecule has 1 saturated heterocycles. The molecule has 1 amide bonds. The van der Waals surface area contributed by atoms with E-state index in [0.29, 0.717) is 13.0 Å². The smallest absolute Gasteiger partial charge is 0.222 e. The maximum Gasteiger partial charge on any atom is 0.222 e. The zero-order valence-corrected chi connectivity index (χ0v) is 19.7. The van der Waals surface area contributed by atoms with Crippen LogP contribution in [0.2, 0.25) is 0 Å². The SMILES string of the molecule is CCNC(=NCCC(=O)NC(C)C)N1CCN(c2ccc(OC)cc2)CC1.I. The third-order valence-corrected chi connectivity index (χ3v) is 4.40. The number of anilines is 1. The molecule has 1 fully saturated rings. The van der Waals surface area contributed by atoms with Crippen LogP contribution in [0.1, 0.15) is 27.2 Å². The minimum Gasteiger partial charge on any atom is -0.497 e. The van der Waals surface area contributed by atoms with E-state index in [1.807, 2.05) is 26.0 Å². The van der Waals surface area contributed by atoms with Crippen LogP contribution in [-0.2, 0) is 4.79 Å². The molecule has 1 aromatic carbocycles. The zero-order chi connectivity index (χ0) is 19.6. The van der Waals surface area contributed by atoms with Gasteiger partial charge in [-0.05, 0) is 45.0 Å². The molecule has 0 radical (unpaired) electrons. The lowest BCUT2D eigenvalue weighted by atomic mass is 10.2. The van der Waals surface area contributed by atoms with E-state index in [0.717, 1.165) is 44.4 Å². The van der Waals surface area contributed by atoms with Crippen molar-refractivity contribution in [2.45, 2.75) is 33.2 Å². The third kappa shape index (κ3) is 7.73. The molecule has 1 aromatic rings. The van der Waals surface area contributed by atoms with E-state index in [2.05, 4.69) is 44.5 Å². The van der Waals surface area contributed by atoms with Gasteiger partial charge in [-0.25, -0.2) is 0 Å². The standard InChI is InChI=1S/C20H33N5O2.HI/c1-5-21-20(22-11-10-19(26)23-16(2)3)25-14-12-24(13-15-25)17-6-8-18(27-4)9-7-17;/h6-9,16H,5,10-15H2,1-4H3,(H,21,22)(H,23,26);1H. The van der Waals surface area contributed by atoms with E-state index in [9.17, 15) is 4.79 Å². The number of hydrogen-bond acceptors (Lipinski definition) is 4. The Hall–Kier alpha value is -1.71. The van der Waals surface area contributed by atoms with Crippen molar-refractivity contribution in [3.05, 3.63) is 24.3 Å². The number of halogens is 1. The largest absolute Gasteiger partial charge is 0.497 e. The van der Waals surface area contributed by atoms with Crippen LogP contribution in [0.15, 0.2) is 29.3 Å². The average molecular weight is 503 g/mol. The zero-order valence-electron chi connectivity index (χ0n) is 17.4. The fourth-order valence-electron chi connectivity index (χ4n) is 3.05. The lowest BCUT2D eigenvalue weighted by Gasteiger charge is -2.37. The van der Waals surface area contributed by atoms with Gasteiger partial charge in [0, 0.05) is 50.9 Å². The highest BCUT2D eigenvalue weighted by Crippen LogP contribution is 2.20. The predicted octanol–water partition coefficient (Wildman–Crippen LogP) is 2.32. The predicted molar refractivity (Wildman–Crippen MR) is 126 cm³/mol. The molecule has 0 spiro atoms. The van der Waals surface area contributed by atoms with Crippen molar-refractivity contribution in [3.8, 4) is 5.75 Å². The first kappa shape index (κ1) is 24.3. The van der Waals surface area contributed by atoms with Crippen LogP contribution < -0.4 is 20.3 Å². The molecule has 2 rings (SSSR count). The summed E-state index contributed by atoms with van der Waals surface area (Å²) in [6, 6.07) is 8.35. The van der Waals surface area contributed by atoms with E-state index >= 15 is 0 Å². The van der Waals surface area contributed by atoms with Crippen LogP contribution >= 0.6 is 24.0 Å². The number of methoxy groups -OCH3 is 1. The molecule has 1 heterocycles. The van der Waals surface area contributed by atoms with Gasteiger partial charge < -0.3 is 25.2 Å². The van der Waals surface area contributed by atoms with Gasteiger partial charge in [0.2, 0.25) is 5.91 Å². The second-order valence-electron chi connectivity index (χ2n) is 6.88. The van der Waals surface area contributed by atoms with E-state index in [4.69, 9.17) is 4.74 Å². The highest BCUT2D eigenvalue weighted by Gasteiger charge is 2.20. The first-order valence-electron chi connectivity index (χ1n) is 9.75. The van der Waals surface area contributed by atoms with Gasteiger partial charge >= 0.3 is 0 Å². The summed E-state index contributed by atoms with van der Waals surface area (Å²) in [4.78, 5) is 21.1. The molecule has 1 aliphatic heterocycles. The van der Waals surface area contributed by atoms with Gasteiger partial charge in [0.25, 0.3) is 0 Å². The number of carbonyl (C=O) groups is 1. The number of hydrogen-bond donors (Lipinski definition) is 2. The Morgan fingerprint density at radius 2 is 1.82 bits per heavy atom. The quantitative estimate of drug-likeness (QED) is 0.340. The lowest BCUT2D eigenvalue weighted by Crippen LogP contribution is -2.52. The van der Waals surface area contributed by atoms with Crippen molar-refractivity contribution < 1.29 is 9.53 Å². The third-order valence-electron chi connectivity index (χ3n) is 4.40. The summed E-state index contributed by atoms with van der Waals surface area (Å²) in [7, 11) is 1.68. The number of aliphatic imine (C=N–C) groups is 1. The van der Waals surface area contributed by atoms with Gasteiger partial charge in [0.15, 0.2) is 5.96 Å². The average Bonchev–Trinajstić information content (AvgIpc) is 2.67. The van der Waals surface area contributed by atoms with Crippen LogP contribution in [-0.4, -0.2) is 69.2 Å². The summed E-state index contributed by atoms with van der Waals surface area (Å²) in [5.74, 6) is 1.82. The summed E-state index contributed by atoms with van der Waals surface area (Å²) in [5, 5.41) is 6.25. The first-order chi connectivity index (χ1) is 13.0. The van der Waals surface area contributed by atoms with Gasteiger partial charge in [0.05, 0.1) is 13.7 Å². The van der Waals surface area contributed by atoms with Crippen LogP contribution in [0.4, 0.5) is 5.69 Å². The van der Waals surface area contributed by atoms with Crippen LogP contribution in [0.5, 0.6) is 5.75 Å². The van der Waals surface area contributed by atoms with Crippen molar-refractivity contribution in [1.82, 2.24) is 15.5 Å². The fraction of sp³-hybridized carbons (Fsp3) is 0.600. The minimum atomic E-state index is 0. The molecule has 0 bridgehead atoms. The Balaban J connectivity index is 0.00000392. The summed E-state index contributed by atoms with van der Waals surface area (Å²) in [5.41, 5.74) is 1.21. The molecule has 0 aromatic heterocycles. The highest BCUT2D eigenvalue weighted by atomic mass is 127. The number of ether oxygens (including phenoxy) is 1. The van der Waals surface area contributed by atoms with E-state index in [1.165, 1.54) is 5.69 Å². The first-order valence-corrected chi connectivity index (χ1v) is 9.75. The van der Waals surface area contributed by atoms with E-state index < -0.39 is 0 Å². The van der Waals surface area contributed by atoms with Crippen LogP contribution in [0.3, 0.4) is 0 Å². The molecular weight excluding hydrogens is 469 g/mol. The van der Waals surface area contributed by atoms with Crippen LogP contribution in [0.25, 0.3) is 0 Å². The highest BCUT2D eigenvalue weighted by molar-refractivity contribution is 14.0. The minimum absolute atomic E-state index is 0. The topological polar surface area (TPSA) is 69.2 Å². The molecule has 8 heteroatoms. The van der Waals surface area contributed by atoms with Crippen molar-refractivity contribution in [2.75, 3.05) is 51.3 Å². The van der Waals surface area contributed by atoms with Crippen LogP contribution in [0, 0.1) is 0 Å². The van der Waals surface area contributed by atoms with Crippen molar-refractivity contribution in [1.29, 1.82) is 0 Å². The Morgan fingerprint density at radius 3 is 2.36 bits per heavy atom. The molecule has 0 unspecified atom stereocenters. The maximum absolute atomic E-state index is 11.8. The molecule has 0 saturated carbocycles. The molecule has 7 nitrogen and oxygen atoms in total. The van der Waals surface area contributed by atoms with Crippen molar-refractivity contribution in [2.24, 2.45) is 4.99 Å². The fourth-order valence-corrected chi connectivity index (χ4v) is 3.05. The van der Waals surface area contributed by atoms with Crippen molar-refractivity contribution >= 4 is 41.5 Å². The summed E-state index contributed by atoms with van der Waals surface area (Å²) in [6.45, 7) is 11.0. The molecule has 0 aliphatic carbocycles. The summed E-state index contributed by atoms with van der Waals surface area (Å²) >= 11 is 0.